The number of hydrogen-bond acceptors (Lipinski definition) is 2. The lowest BCUT2D eigenvalue weighted by Crippen LogP contribution is -2.00. The number of aromatic nitrogens is 2. The molecule has 0 saturated heterocycles. The third-order valence-electron chi connectivity index (χ3n) is 1.98. The Morgan fingerprint density at radius 3 is 2.93 bits per heavy atom. The molecular formula is C10H9Cl2N3. The topological polar surface area (TPSA) is 40.7 Å². The van der Waals surface area contributed by atoms with E-state index >= 15 is 0 Å². The first kappa shape index (κ1) is 10.3. The van der Waals surface area contributed by atoms with Gasteiger partial charge in [-0.15, -0.1) is 0 Å². The molecule has 3 nitrogen and oxygen atoms in total. The molecule has 0 bridgehead atoms. The number of aromatic amines is 1. The summed E-state index contributed by atoms with van der Waals surface area (Å²) in [6.45, 7) is 0.639. The molecule has 2 N–H and O–H groups in total. The fraction of sp³-hybridized carbons (Fsp3) is 0.100. The molecule has 0 saturated carbocycles. The van der Waals surface area contributed by atoms with Crippen molar-refractivity contribution in [1.29, 1.82) is 0 Å². The quantitative estimate of drug-likeness (QED) is 0.866. The average molecular weight is 242 g/mol. The number of imidazole rings is 1. The van der Waals surface area contributed by atoms with Crippen LogP contribution in [0.3, 0.4) is 0 Å². The van der Waals surface area contributed by atoms with Gasteiger partial charge in [-0.1, -0.05) is 29.3 Å². The molecule has 0 radical (unpaired) electrons. The normalized spacial score (nSPS) is 10.3. The Morgan fingerprint density at radius 2 is 2.20 bits per heavy atom. The Balaban J connectivity index is 2.08. The van der Waals surface area contributed by atoms with Crippen molar-refractivity contribution in [3.63, 3.8) is 0 Å². The highest BCUT2D eigenvalue weighted by Crippen LogP contribution is 2.29. The van der Waals surface area contributed by atoms with Gasteiger partial charge in [0.2, 0.25) is 0 Å². The highest BCUT2D eigenvalue weighted by atomic mass is 35.5. The van der Waals surface area contributed by atoms with Crippen LogP contribution in [-0.2, 0) is 6.54 Å². The van der Waals surface area contributed by atoms with E-state index in [0.29, 0.717) is 16.6 Å². The van der Waals surface area contributed by atoms with Gasteiger partial charge in [0.1, 0.15) is 0 Å². The lowest BCUT2D eigenvalue weighted by Gasteiger charge is -2.07. The number of rotatable bonds is 3. The highest BCUT2D eigenvalue weighted by molar-refractivity contribution is 6.43. The van der Waals surface area contributed by atoms with Crippen molar-refractivity contribution >= 4 is 28.9 Å². The number of halogens is 2. The third kappa shape index (κ3) is 2.43. The zero-order valence-corrected chi connectivity index (χ0v) is 9.31. The molecule has 15 heavy (non-hydrogen) atoms. The van der Waals surface area contributed by atoms with Crippen LogP contribution in [0.4, 0.5) is 5.69 Å². The monoisotopic (exact) mass is 241 g/mol. The summed E-state index contributed by atoms with van der Waals surface area (Å²) < 4.78 is 0. The smallest absolute Gasteiger partial charge is 0.0922 e. The second-order valence-corrected chi connectivity index (χ2v) is 3.82. The lowest BCUT2D eigenvalue weighted by atomic mass is 10.3. The van der Waals surface area contributed by atoms with E-state index in [1.54, 1.807) is 18.6 Å². The zero-order chi connectivity index (χ0) is 10.7. The minimum Gasteiger partial charge on any atom is -0.378 e. The summed E-state index contributed by atoms with van der Waals surface area (Å²) in [7, 11) is 0. The molecule has 0 unspecified atom stereocenters. The van der Waals surface area contributed by atoms with Gasteiger partial charge >= 0.3 is 0 Å². The molecule has 0 fully saturated rings. The van der Waals surface area contributed by atoms with Crippen LogP contribution in [0.15, 0.2) is 30.7 Å². The van der Waals surface area contributed by atoms with E-state index < -0.39 is 0 Å². The van der Waals surface area contributed by atoms with Crippen molar-refractivity contribution in [1.82, 2.24) is 9.97 Å². The van der Waals surface area contributed by atoms with Crippen molar-refractivity contribution in [3.05, 3.63) is 46.5 Å². The number of benzene rings is 1. The van der Waals surface area contributed by atoms with E-state index in [-0.39, 0.29) is 0 Å². The third-order valence-corrected chi connectivity index (χ3v) is 2.79. The Kier molecular flexibility index (Phi) is 3.14. The van der Waals surface area contributed by atoms with E-state index in [1.165, 1.54) is 0 Å². The SMILES string of the molecule is Clc1cccc(NCc2cnc[nH]2)c1Cl. The van der Waals surface area contributed by atoms with Crippen LogP contribution in [0, 0.1) is 0 Å². The Bertz CT molecular complexity index is 440. The van der Waals surface area contributed by atoms with E-state index in [0.717, 1.165) is 11.4 Å². The molecule has 0 atom stereocenters. The fourth-order valence-corrected chi connectivity index (χ4v) is 1.58. The van der Waals surface area contributed by atoms with E-state index in [1.807, 2.05) is 12.1 Å². The van der Waals surface area contributed by atoms with E-state index in [9.17, 15) is 0 Å². The summed E-state index contributed by atoms with van der Waals surface area (Å²) in [5.74, 6) is 0. The van der Waals surface area contributed by atoms with Crippen LogP contribution in [0.1, 0.15) is 5.69 Å². The zero-order valence-electron chi connectivity index (χ0n) is 7.80. The Hall–Kier alpha value is -1.19. The molecule has 0 aliphatic carbocycles. The maximum atomic E-state index is 6.01. The number of nitrogens with one attached hydrogen (secondary N) is 2. The van der Waals surface area contributed by atoms with E-state index in [2.05, 4.69) is 15.3 Å². The maximum absolute atomic E-state index is 6.01. The predicted molar refractivity (Wildman–Crippen MR) is 62.4 cm³/mol. The van der Waals surface area contributed by atoms with Crippen molar-refractivity contribution in [3.8, 4) is 0 Å². The van der Waals surface area contributed by atoms with Gasteiger partial charge in [-0.2, -0.15) is 0 Å². The van der Waals surface area contributed by atoms with Crippen molar-refractivity contribution in [2.45, 2.75) is 6.54 Å². The molecule has 0 aliphatic heterocycles. The number of H-pyrrole nitrogens is 1. The molecule has 1 heterocycles. The summed E-state index contributed by atoms with van der Waals surface area (Å²) in [5, 5.41) is 4.26. The minimum absolute atomic E-state index is 0.540. The molecule has 2 aromatic rings. The van der Waals surface area contributed by atoms with Gasteiger partial charge in [0.25, 0.3) is 0 Å². The number of anilines is 1. The summed E-state index contributed by atoms with van der Waals surface area (Å²) >= 11 is 11.9. The van der Waals surface area contributed by atoms with Crippen LogP contribution in [-0.4, -0.2) is 9.97 Å². The first-order valence-corrected chi connectivity index (χ1v) is 5.18. The van der Waals surface area contributed by atoms with Crippen molar-refractivity contribution in [2.24, 2.45) is 0 Å². The van der Waals surface area contributed by atoms with Crippen LogP contribution < -0.4 is 5.32 Å². The molecule has 5 heteroatoms. The van der Waals surface area contributed by atoms with Gasteiger partial charge in [-0.05, 0) is 12.1 Å². The maximum Gasteiger partial charge on any atom is 0.0922 e. The van der Waals surface area contributed by atoms with Crippen molar-refractivity contribution < 1.29 is 0 Å². The van der Waals surface area contributed by atoms with Gasteiger partial charge in [0.15, 0.2) is 0 Å². The van der Waals surface area contributed by atoms with Crippen LogP contribution in [0.5, 0.6) is 0 Å². The summed E-state index contributed by atoms with van der Waals surface area (Å²) in [5.41, 5.74) is 1.81. The Labute approximate surface area is 97.4 Å². The van der Waals surface area contributed by atoms with Crippen LogP contribution >= 0.6 is 23.2 Å². The Morgan fingerprint density at radius 1 is 1.33 bits per heavy atom. The molecule has 0 aliphatic rings. The van der Waals surface area contributed by atoms with E-state index in [4.69, 9.17) is 23.2 Å². The standard InChI is InChI=1S/C10H9Cl2N3/c11-8-2-1-3-9(10(8)12)14-5-7-4-13-6-15-7/h1-4,6,14H,5H2,(H,13,15). The second kappa shape index (κ2) is 4.55. The first-order valence-electron chi connectivity index (χ1n) is 4.42. The molecule has 78 valence electrons. The minimum atomic E-state index is 0.540. The van der Waals surface area contributed by atoms with Crippen molar-refractivity contribution in [2.75, 3.05) is 5.32 Å². The summed E-state index contributed by atoms with van der Waals surface area (Å²) in [6, 6.07) is 5.49. The molecule has 1 aromatic heterocycles. The lowest BCUT2D eigenvalue weighted by molar-refractivity contribution is 1.07. The average Bonchev–Trinajstić information content (AvgIpc) is 2.73. The molecular weight excluding hydrogens is 233 g/mol. The van der Waals surface area contributed by atoms with Gasteiger partial charge < -0.3 is 10.3 Å². The largest absolute Gasteiger partial charge is 0.378 e. The molecule has 0 spiro atoms. The number of hydrogen-bond donors (Lipinski definition) is 2. The summed E-state index contributed by atoms with van der Waals surface area (Å²) in [4.78, 5) is 6.91. The number of nitrogens with zero attached hydrogens (tertiary/aromatic N) is 1. The molecule has 2 rings (SSSR count). The molecule has 0 amide bonds. The molecule has 1 aromatic carbocycles. The first-order chi connectivity index (χ1) is 7.27. The summed E-state index contributed by atoms with van der Waals surface area (Å²) in [6.07, 6.45) is 3.39. The fourth-order valence-electron chi connectivity index (χ4n) is 1.21. The van der Waals surface area contributed by atoms with Gasteiger partial charge in [0.05, 0.1) is 34.3 Å². The van der Waals surface area contributed by atoms with Gasteiger partial charge in [0, 0.05) is 6.20 Å². The van der Waals surface area contributed by atoms with Crippen LogP contribution in [0.2, 0.25) is 10.0 Å². The predicted octanol–water partition coefficient (Wildman–Crippen LogP) is 3.33. The van der Waals surface area contributed by atoms with Crippen LogP contribution in [0.25, 0.3) is 0 Å². The second-order valence-electron chi connectivity index (χ2n) is 3.03. The highest BCUT2D eigenvalue weighted by Gasteiger charge is 2.03. The van der Waals surface area contributed by atoms with Gasteiger partial charge in [-0.3, -0.25) is 0 Å². The van der Waals surface area contributed by atoms with Gasteiger partial charge in [-0.25, -0.2) is 4.98 Å².